The van der Waals surface area contributed by atoms with E-state index in [0.29, 0.717) is 18.0 Å². The van der Waals surface area contributed by atoms with Crippen LogP contribution in [0.4, 0.5) is 5.69 Å². The number of ether oxygens (including phenoxy) is 1. The number of aliphatic hydroxyl groups is 1. The molecule has 27 heavy (non-hydrogen) atoms. The topological polar surface area (TPSA) is 85.2 Å². The molecule has 0 aliphatic carbocycles. The lowest BCUT2D eigenvalue weighted by Crippen LogP contribution is -2.26. The molecule has 1 aliphatic heterocycles. The molecular formula is C21H22N4O2. The molecule has 0 saturated heterocycles. The summed E-state index contributed by atoms with van der Waals surface area (Å²) >= 11 is 0. The van der Waals surface area contributed by atoms with Gasteiger partial charge in [-0.2, -0.15) is 0 Å². The molecule has 0 fully saturated rings. The van der Waals surface area contributed by atoms with Crippen LogP contribution in [0.15, 0.2) is 42.2 Å². The average molecular weight is 362 g/mol. The fraction of sp³-hybridized carbons (Fsp3) is 0.238. The number of nitrogens with one attached hydrogen (secondary N) is 2. The maximum Gasteiger partial charge on any atom is 0.145 e. The van der Waals surface area contributed by atoms with Gasteiger partial charge < -0.3 is 19.7 Å². The Morgan fingerprint density at radius 2 is 1.89 bits per heavy atom. The Labute approximate surface area is 157 Å². The number of amidine groups is 1. The lowest BCUT2D eigenvalue weighted by atomic mass is 10.1. The first-order valence-corrected chi connectivity index (χ1v) is 8.96. The van der Waals surface area contributed by atoms with Crippen molar-refractivity contribution in [1.82, 2.24) is 9.97 Å². The number of hydrogen-bond acceptors (Lipinski definition) is 4. The van der Waals surface area contributed by atoms with E-state index in [2.05, 4.69) is 16.9 Å². The Balaban J connectivity index is 1.66. The second kappa shape index (κ2) is 6.46. The van der Waals surface area contributed by atoms with Crippen molar-refractivity contribution in [3.8, 4) is 5.75 Å². The number of anilines is 1. The van der Waals surface area contributed by atoms with E-state index in [0.717, 1.165) is 28.0 Å². The Morgan fingerprint density at radius 1 is 1.19 bits per heavy atom. The van der Waals surface area contributed by atoms with Gasteiger partial charge in [0.05, 0.1) is 29.8 Å². The molecule has 2 aromatic carbocycles. The number of aromatic amines is 1. The van der Waals surface area contributed by atoms with Crippen molar-refractivity contribution in [3.05, 3.63) is 59.1 Å². The van der Waals surface area contributed by atoms with Gasteiger partial charge in [-0.05, 0) is 68.3 Å². The summed E-state index contributed by atoms with van der Waals surface area (Å²) in [6, 6.07) is 11.6. The predicted molar refractivity (Wildman–Crippen MR) is 108 cm³/mol. The maximum atomic E-state index is 10.5. The van der Waals surface area contributed by atoms with Crippen molar-refractivity contribution in [2.75, 3.05) is 18.1 Å². The first-order valence-electron chi connectivity index (χ1n) is 8.96. The SMILES string of the molecule is CCOc1ccc(N2CC(O)=C(c3nc4cc(C)c(C)cc4[nH]3)C2=N)cc1. The van der Waals surface area contributed by atoms with Crippen LogP contribution in [-0.2, 0) is 0 Å². The van der Waals surface area contributed by atoms with Crippen LogP contribution in [0.1, 0.15) is 23.9 Å². The van der Waals surface area contributed by atoms with Crippen LogP contribution in [0.25, 0.3) is 16.6 Å². The Bertz CT molecular complexity index is 1020. The molecule has 2 heterocycles. The Morgan fingerprint density at radius 3 is 2.59 bits per heavy atom. The minimum atomic E-state index is 0.140. The quantitative estimate of drug-likeness (QED) is 0.644. The van der Waals surface area contributed by atoms with Gasteiger partial charge in [0.2, 0.25) is 0 Å². The van der Waals surface area contributed by atoms with E-state index in [1.54, 1.807) is 4.90 Å². The number of hydrogen-bond donors (Lipinski definition) is 3. The minimum absolute atomic E-state index is 0.140. The monoisotopic (exact) mass is 362 g/mol. The molecule has 0 radical (unpaired) electrons. The molecule has 0 bridgehead atoms. The lowest BCUT2D eigenvalue weighted by molar-refractivity contribution is 0.340. The van der Waals surface area contributed by atoms with Gasteiger partial charge in [-0.1, -0.05) is 0 Å². The summed E-state index contributed by atoms with van der Waals surface area (Å²) in [5, 5.41) is 19.1. The maximum absolute atomic E-state index is 10.5. The van der Waals surface area contributed by atoms with Crippen molar-refractivity contribution in [1.29, 1.82) is 5.41 Å². The molecule has 6 nitrogen and oxygen atoms in total. The van der Waals surface area contributed by atoms with Crippen molar-refractivity contribution >= 4 is 28.1 Å². The molecule has 0 amide bonds. The highest BCUT2D eigenvalue weighted by atomic mass is 16.5. The fourth-order valence-electron chi connectivity index (χ4n) is 3.33. The van der Waals surface area contributed by atoms with Crippen molar-refractivity contribution in [2.24, 2.45) is 0 Å². The highest BCUT2D eigenvalue weighted by Gasteiger charge is 2.31. The second-order valence-corrected chi connectivity index (χ2v) is 6.72. The molecule has 6 heteroatoms. The molecule has 3 aromatic rings. The molecule has 0 atom stereocenters. The normalized spacial score (nSPS) is 14.5. The summed E-state index contributed by atoms with van der Waals surface area (Å²) in [6.45, 7) is 6.89. The zero-order valence-electron chi connectivity index (χ0n) is 15.6. The van der Waals surface area contributed by atoms with Gasteiger partial charge in [0.15, 0.2) is 0 Å². The van der Waals surface area contributed by atoms with E-state index in [4.69, 9.17) is 10.1 Å². The molecule has 1 aromatic heterocycles. The predicted octanol–water partition coefficient (Wildman–Crippen LogP) is 4.35. The molecule has 1 aliphatic rings. The fourth-order valence-corrected chi connectivity index (χ4v) is 3.33. The van der Waals surface area contributed by atoms with Gasteiger partial charge >= 0.3 is 0 Å². The molecule has 0 spiro atoms. The van der Waals surface area contributed by atoms with Crippen molar-refractivity contribution in [3.63, 3.8) is 0 Å². The van der Waals surface area contributed by atoms with E-state index in [1.165, 1.54) is 5.56 Å². The molecular weight excluding hydrogens is 340 g/mol. The number of aromatic nitrogens is 2. The van der Waals surface area contributed by atoms with Crippen LogP contribution in [0.5, 0.6) is 5.75 Å². The van der Waals surface area contributed by atoms with Crippen LogP contribution in [0.3, 0.4) is 0 Å². The summed E-state index contributed by atoms with van der Waals surface area (Å²) in [5.41, 5.74) is 5.34. The number of aryl methyl sites for hydroxylation is 2. The van der Waals surface area contributed by atoms with E-state index >= 15 is 0 Å². The van der Waals surface area contributed by atoms with Crippen molar-refractivity contribution in [2.45, 2.75) is 20.8 Å². The number of nitrogens with zero attached hydrogens (tertiary/aromatic N) is 2. The minimum Gasteiger partial charge on any atom is -0.509 e. The van der Waals surface area contributed by atoms with E-state index in [1.807, 2.05) is 50.2 Å². The molecule has 0 unspecified atom stereocenters. The van der Waals surface area contributed by atoms with E-state index in [9.17, 15) is 5.11 Å². The summed E-state index contributed by atoms with van der Waals surface area (Å²) in [6.07, 6.45) is 0. The third-order valence-electron chi connectivity index (χ3n) is 4.90. The number of imidazole rings is 1. The standard InChI is InChI=1S/C21H22N4O2/c1-4-27-15-7-5-14(6-8-15)25-11-18(26)19(20(25)22)21-23-16-9-12(2)13(3)10-17(16)24-21/h5-10,22,26H,4,11H2,1-3H3,(H,23,24). The highest BCUT2D eigenvalue weighted by molar-refractivity contribution is 6.30. The number of aliphatic hydroxyl groups excluding tert-OH is 1. The zero-order valence-corrected chi connectivity index (χ0v) is 15.6. The third-order valence-corrected chi connectivity index (χ3v) is 4.90. The van der Waals surface area contributed by atoms with E-state index < -0.39 is 0 Å². The summed E-state index contributed by atoms with van der Waals surface area (Å²) in [4.78, 5) is 9.60. The van der Waals surface area contributed by atoms with Crippen LogP contribution in [0.2, 0.25) is 0 Å². The molecule has 3 N–H and O–H groups in total. The third kappa shape index (κ3) is 2.93. The second-order valence-electron chi connectivity index (χ2n) is 6.72. The summed E-state index contributed by atoms with van der Waals surface area (Å²) < 4.78 is 5.47. The lowest BCUT2D eigenvalue weighted by Gasteiger charge is -2.19. The largest absolute Gasteiger partial charge is 0.509 e. The first kappa shape index (κ1) is 17.1. The van der Waals surface area contributed by atoms with Gasteiger partial charge in [0.1, 0.15) is 23.2 Å². The van der Waals surface area contributed by atoms with E-state index in [-0.39, 0.29) is 18.1 Å². The molecule has 138 valence electrons. The average Bonchev–Trinajstić information content (AvgIpc) is 3.16. The number of rotatable bonds is 4. The van der Waals surface area contributed by atoms with Gasteiger partial charge in [0.25, 0.3) is 0 Å². The number of fused-ring (bicyclic) bond motifs is 1. The van der Waals surface area contributed by atoms with Gasteiger partial charge in [0, 0.05) is 5.69 Å². The number of H-pyrrole nitrogens is 1. The van der Waals surface area contributed by atoms with Crippen LogP contribution in [-0.4, -0.2) is 34.1 Å². The van der Waals surface area contributed by atoms with Crippen molar-refractivity contribution < 1.29 is 9.84 Å². The summed E-state index contributed by atoms with van der Waals surface area (Å²) in [5.74, 6) is 1.67. The molecule has 4 rings (SSSR count). The molecule has 0 saturated carbocycles. The van der Waals surface area contributed by atoms with Gasteiger partial charge in [-0.15, -0.1) is 0 Å². The zero-order chi connectivity index (χ0) is 19.1. The smallest absolute Gasteiger partial charge is 0.145 e. The number of benzene rings is 2. The van der Waals surface area contributed by atoms with Crippen LogP contribution < -0.4 is 9.64 Å². The Hall–Kier alpha value is -3.28. The van der Waals surface area contributed by atoms with Crippen LogP contribution in [0, 0.1) is 19.3 Å². The van der Waals surface area contributed by atoms with Gasteiger partial charge in [-0.25, -0.2) is 4.98 Å². The highest BCUT2D eigenvalue weighted by Crippen LogP contribution is 2.32. The van der Waals surface area contributed by atoms with Gasteiger partial charge in [-0.3, -0.25) is 5.41 Å². The Kier molecular flexibility index (Phi) is 4.11. The summed E-state index contributed by atoms with van der Waals surface area (Å²) in [7, 11) is 0. The first-order chi connectivity index (χ1) is 13.0. The van der Waals surface area contributed by atoms with Crippen LogP contribution >= 0.6 is 0 Å².